The van der Waals surface area contributed by atoms with Crippen molar-refractivity contribution in [2.45, 2.75) is 19.9 Å². The molecule has 0 fully saturated rings. The van der Waals surface area contributed by atoms with E-state index in [1.54, 1.807) is 42.1 Å². The van der Waals surface area contributed by atoms with Crippen LogP contribution in [-0.2, 0) is 6.54 Å². The number of benzene rings is 1. The Morgan fingerprint density at radius 3 is 2.89 bits per heavy atom. The summed E-state index contributed by atoms with van der Waals surface area (Å²) >= 11 is 0. The summed E-state index contributed by atoms with van der Waals surface area (Å²) in [6, 6.07) is 8.27. The summed E-state index contributed by atoms with van der Waals surface area (Å²) in [4.78, 5) is 11.5. The second-order valence-electron chi connectivity index (χ2n) is 4.24. The van der Waals surface area contributed by atoms with E-state index in [0.717, 1.165) is 0 Å². The molecular formula is C15H13FN2O. The number of aromatic nitrogens is 1. The van der Waals surface area contributed by atoms with Gasteiger partial charge < -0.3 is 4.57 Å². The molecule has 0 saturated heterocycles. The zero-order valence-electron chi connectivity index (χ0n) is 10.6. The lowest BCUT2D eigenvalue weighted by Crippen LogP contribution is -2.01. The van der Waals surface area contributed by atoms with E-state index in [9.17, 15) is 9.18 Å². The van der Waals surface area contributed by atoms with Crippen molar-refractivity contribution in [3.63, 3.8) is 0 Å². The molecule has 2 rings (SSSR count). The van der Waals surface area contributed by atoms with Crippen LogP contribution in [0.3, 0.4) is 0 Å². The second kappa shape index (κ2) is 5.49. The Bertz CT molecular complexity index is 652. The van der Waals surface area contributed by atoms with Crippen LogP contribution in [0.5, 0.6) is 0 Å². The molecule has 0 unspecified atom stereocenters. The van der Waals surface area contributed by atoms with Gasteiger partial charge in [-0.15, -0.1) is 0 Å². The molecule has 0 saturated carbocycles. The fourth-order valence-electron chi connectivity index (χ4n) is 1.89. The second-order valence-corrected chi connectivity index (χ2v) is 4.24. The first kappa shape index (κ1) is 13.0. The number of nitriles is 1. The molecule has 19 heavy (non-hydrogen) atoms. The minimum Gasteiger partial charge on any atom is -0.349 e. The molecule has 1 heterocycles. The molecular weight excluding hydrogens is 243 g/mol. The van der Waals surface area contributed by atoms with Gasteiger partial charge in [-0.2, -0.15) is 5.26 Å². The minimum atomic E-state index is -0.498. The maximum atomic E-state index is 13.9. The molecule has 0 spiro atoms. The summed E-state index contributed by atoms with van der Waals surface area (Å²) in [7, 11) is 0. The summed E-state index contributed by atoms with van der Waals surface area (Å²) < 4.78 is 15.6. The van der Waals surface area contributed by atoms with Gasteiger partial charge in [0.1, 0.15) is 11.9 Å². The lowest BCUT2D eigenvalue weighted by atomic mass is 10.1. The molecule has 0 aliphatic rings. The first-order valence-corrected chi connectivity index (χ1v) is 6.02. The Kier molecular flexibility index (Phi) is 3.76. The number of rotatable bonds is 4. The molecule has 0 amide bonds. The molecule has 4 heteroatoms. The van der Waals surface area contributed by atoms with E-state index in [-0.39, 0.29) is 11.3 Å². The Morgan fingerprint density at radius 2 is 2.21 bits per heavy atom. The van der Waals surface area contributed by atoms with Crippen molar-refractivity contribution in [3.05, 3.63) is 59.2 Å². The van der Waals surface area contributed by atoms with Gasteiger partial charge in [0.25, 0.3) is 0 Å². The summed E-state index contributed by atoms with van der Waals surface area (Å²) in [6.45, 7) is 2.11. The maximum Gasteiger partial charge on any atom is 0.164 e. The van der Waals surface area contributed by atoms with Crippen LogP contribution in [0.4, 0.5) is 4.39 Å². The topological polar surface area (TPSA) is 45.8 Å². The minimum absolute atomic E-state index is 0.0366. The zero-order chi connectivity index (χ0) is 13.8. The van der Waals surface area contributed by atoms with Crippen molar-refractivity contribution in [2.75, 3.05) is 0 Å². The highest BCUT2D eigenvalue weighted by atomic mass is 19.1. The first-order valence-electron chi connectivity index (χ1n) is 6.02. The zero-order valence-corrected chi connectivity index (χ0v) is 10.6. The SMILES string of the molecule is CCC(=O)c1ccn(Cc2cccc(C#N)c2F)c1. The van der Waals surface area contributed by atoms with Crippen molar-refractivity contribution >= 4 is 5.78 Å². The van der Waals surface area contributed by atoms with E-state index >= 15 is 0 Å². The molecule has 0 N–H and O–H groups in total. The average molecular weight is 256 g/mol. The Hall–Kier alpha value is -2.41. The molecule has 0 atom stereocenters. The lowest BCUT2D eigenvalue weighted by Gasteiger charge is -2.05. The van der Waals surface area contributed by atoms with E-state index in [0.29, 0.717) is 24.1 Å². The van der Waals surface area contributed by atoms with E-state index in [1.165, 1.54) is 6.07 Å². The van der Waals surface area contributed by atoms with Crippen molar-refractivity contribution < 1.29 is 9.18 Å². The number of carbonyl (C=O) groups excluding carboxylic acids is 1. The van der Waals surface area contributed by atoms with E-state index in [1.807, 2.05) is 6.07 Å². The van der Waals surface area contributed by atoms with Gasteiger partial charge in [0, 0.05) is 36.5 Å². The monoisotopic (exact) mass is 256 g/mol. The van der Waals surface area contributed by atoms with Gasteiger partial charge in [0.05, 0.1) is 5.56 Å². The Balaban J connectivity index is 2.25. The van der Waals surface area contributed by atoms with Crippen LogP contribution in [0.15, 0.2) is 36.7 Å². The fourth-order valence-corrected chi connectivity index (χ4v) is 1.89. The predicted octanol–water partition coefficient (Wildman–Crippen LogP) is 3.14. The van der Waals surface area contributed by atoms with Gasteiger partial charge in [-0.3, -0.25) is 4.79 Å². The number of ketones is 1. The molecule has 0 radical (unpaired) electrons. The van der Waals surface area contributed by atoms with E-state index < -0.39 is 5.82 Å². The van der Waals surface area contributed by atoms with Gasteiger partial charge in [0.2, 0.25) is 0 Å². The van der Waals surface area contributed by atoms with Gasteiger partial charge in [-0.25, -0.2) is 4.39 Å². The summed E-state index contributed by atoms with van der Waals surface area (Å²) in [5.41, 5.74) is 1.10. The van der Waals surface area contributed by atoms with Gasteiger partial charge in [-0.05, 0) is 12.1 Å². The molecule has 1 aromatic heterocycles. The standard InChI is InChI=1S/C15H13FN2O/c1-2-14(19)12-6-7-18(9-12)10-13-5-3-4-11(8-17)15(13)16/h3-7,9H,2,10H2,1H3. The molecule has 0 aliphatic carbocycles. The van der Waals surface area contributed by atoms with E-state index in [4.69, 9.17) is 5.26 Å². The predicted molar refractivity (Wildman–Crippen MR) is 69.3 cm³/mol. The van der Waals surface area contributed by atoms with Crippen LogP contribution in [0, 0.1) is 17.1 Å². The van der Waals surface area contributed by atoms with Crippen LogP contribution in [0.1, 0.15) is 34.8 Å². The van der Waals surface area contributed by atoms with Crippen LogP contribution in [-0.4, -0.2) is 10.4 Å². The average Bonchev–Trinajstić information content (AvgIpc) is 2.89. The number of Topliss-reactive ketones (excluding diaryl/α,β-unsaturated/α-hetero) is 1. The maximum absolute atomic E-state index is 13.9. The largest absolute Gasteiger partial charge is 0.349 e. The molecule has 1 aromatic carbocycles. The van der Waals surface area contributed by atoms with Gasteiger partial charge >= 0.3 is 0 Å². The number of hydrogen-bond acceptors (Lipinski definition) is 2. The van der Waals surface area contributed by atoms with Crippen LogP contribution >= 0.6 is 0 Å². The molecule has 2 aromatic rings. The summed E-state index contributed by atoms with van der Waals surface area (Å²) in [5, 5.41) is 8.78. The molecule has 0 aliphatic heterocycles. The highest BCUT2D eigenvalue weighted by Gasteiger charge is 2.09. The smallest absolute Gasteiger partial charge is 0.164 e. The van der Waals surface area contributed by atoms with Crippen molar-refractivity contribution in [1.29, 1.82) is 5.26 Å². The lowest BCUT2D eigenvalue weighted by molar-refractivity contribution is 0.0988. The van der Waals surface area contributed by atoms with Crippen molar-refractivity contribution in [2.24, 2.45) is 0 Å². The van der Waals surface area contributed by atoms with Crippen LogP contribution in [0.2, 0.25) is 0 Å². The molecule has 96 valence electrons. The number of carbonyl (C=O) groups is 1. The third kappa shape index (κ3) is 2.71. The number of halogens is 1. The van der Waals surface area contributed by atoms with E-state index in [2.05, 4.69) is 0 Å². The number of nitrogens with zero attached hydrogens (tertiary/aromatic N) is 2. The number of hydrogen-bond donors (Lipinski definition) is 0. The third-order valence-electron chi connectivity index (χ3n) is 2.95. The van der Waals surface area contributed by atoms with Crippen molar-refractivity contribution in [1.82, 2.24) is 4.57 Å². The third-order valence-corrected chi connectivity index (χ3v) is 2.95. The van der Waals surface area contributed by atoms with Crippen LogP contribution < -0.4 is 0 Å². The quantitative estimate of drug-likeness (QED) is 0.789. The van der Waals surface area contributed by atoms with Gasteiger partial charge in [-0.1, -0.05) is 19.1 Å². The first-order chi connectivity index (χ1) is 9.15. The summed E-state index contributed by atoms with van der Waals surface area (Å²) in [6.07, 6.45) is 3.88. The molecule has 0 bridgehead atoms. The molecule has 3 nitrogen and oxygen atoms in total. The van der Waals surface area contributed by atoms with Gasteiger partial charge in [0.15, 0.2) is 5.78 Å². The van der Waals surface area contributed by atoms with Crippen LogP contribution in [0.25, 0.3) is 0 Å². The highest BCUT2D eigenvalue weighted by Crippen LogP contribution is 2.14. The summed E-state index contributed by atoms with van der Waals surface area (Å²) in [5.74, 6) is -0.438. The Morgan fingerprint density at radius 1 is 1.42 bits per heavy atom. The Labute approximate surface area is 110 Å². The fraction of sp³-hybridized carbons (Fsp3) is 0.200. The van der Waals surface area contributed by atoms with Crippen molar-refractivity contribution in [3.8, 4) is 6.07 Å². The normalized spacial score (nSPS) is 10.2. The highest BCUT2D eigenvalue weighted by molar-refractivity contribution is 5.95.